The Kier molecular flexibility index (Phi) is 12.3. The Hall–Kier alpha value is -4.45. The van der Waals surface area contributed by atoms with Crippen LogP contribution in [0.5, 0.6) is 5.75 Å². The van der Waals surface area contributed by atoms with Gasteiger partial charge in [0.05, 0.1) is 18.8 Å². The van der Waals surface area contributed by atoms with Gasteiger partial charge in [0.2, 0.25) is 23.6 Å². The van der Waals surface area contributed by atoms with Gasteiger partial charge in [-0.15, -0.1) is 0 Å². The van der Waals surface area contributed by atoms with Crippen molar-refractivity contribution >= 4 is 29.5 Å². The van der Waals surface area contributed by atoms with Crippen molar-refractivity contribution in [1.29, 1.82) is 0 Å². The van der Waals surface area contributed by atoms with Gasteiger partial charge < -0.3 is 36.0 Å². The maximum atomic E-state index is 13.6. The molecule has 0 radical (unpaired) electrons. The molecule has 1 heterocycles. The quantitative estimate of drug-likeness (QED) is 0.309. The molecule has 1 aliphatic rings. The summed E-state index contributed by atoms with van der Waals surface area (Å²) in [6.07, 6.45) is -1.28. The first kappa shape index (κ1) is 34.0. The Morgan fingerprint density at radius 3 is 2.23 bits per heavy atom. The fraction of sp³-hybridized carbons (Fsp3) is 0.469. The number of carbonyl (C=O) groups excluding carboxylic acids is 5. The van der Waals surface area contributed by atoms with Crippen molar-refractivity contribution < 1.29 is 33.8 Å². The van der Waals surface area contributed by atoms with Gasteiger partial charge in [-0.3, -0.25) is 24.0 Å². The molecule has 2 aromatic rings. The van der Waals surface area contributed by atoms with Crippen molar-refractivity contribution in [3.8, 4) is 5.75 Å². The molecule has 0 bridgehead atoms. The largest absolute Gasteiger partial charge is 0.491 e. The fourth-order valence-corrected chi connectivity index (χ4v) is 4.74. The summed E-state index contributed by atoms with van der Waals surface area (Å²) < 4.78 is 5.71. The number of amides is 5. The van der Waals surface area contributed by atoms with E-state index in [0.29, 0.717) is 5.75 Å². The van der Waals surface area contributed by atoms with Crippen LogP contribution >= 0.6 is 0 Å². The molecule has 12 heteroatoms. The molecule has 2 aromatic carbocycles. The van der Waals surface area contributed by atoms with E-state index in [2.05, 4.69) is 21.3 Å². The topological polar surface area (TPSA) is 166 Å². The first-order valence-corrected chi connectivity index (χ1v) is 14.8. The van der Waals surface area contributed by atoms with Crippen molar-refractivity contribution in [1.82, 2.24) is 26.2 Å². The summed E-state index contributed by atoms with van der Waals surface area (Å²) >= 11 is 0. The molecular formula is C32H43N5O7. The Morgan fingerprint density at radius 2 is 1.59 bits per heavy atom. The first-order valence-electron chi connectivity index (χ1n) is 14.8. The molecule has 1 fully saturated rings. The van der Waals surface area contributed by atoms with E-state index in [1.807, 2.05) is 19.9 Å². The van der Waals surface area contributed by atoms with E-state index < -0.39 is 60.3 Å². The molecule has 4 atom stereocenters. The van der Waals surface area contributed by atoms with Crippen LogP contribution in [0, 0.1) is 5.92 Å². The number of hydrogen-bond acceptors (Lipinski definition) is 7. The zero-order valence-electron chi connectivity index (χ0n) is 25.8. The summed E-state index contributed by atoms with van der Waals surface area (Å²) in [6, 6.07) is 12.1. The summed E-state index contributed by atoms with van der Waals surface area (Å²) in [5.41, 5.74) is 1.03. The molecule has 5 N–H and O–H groups in total. The smallest absolute Gasteiger partial charge is 0.254 e. The monoisotopic (exact) mass is 609 g/mol. The number of nitrogens with one attached hydrogen (secondary N) is 4. The third-order valence-electron chi connectivity index (χ3n) is 7.00. The van der Waals surface area contributed by atoms with Gasteiger partial charge in [0, 0.05) is 25.1 Å². The maximum absolute atomic E-state index is 13.6. The fourth-order valence-electron chi connectivity index (χ4n) is 4.74. The van der Waals surface area contributed by atoms with Crippen LogP contribution in [0.4, 0.5) is 0 Å². The summed E-state index contributed by atoms with van der Waals surface area (Å²) in [5.74, 6) is -2.91. The van der Waals surface area contributed by atoms with Crippen LogP contribution in [0.15, 0.2) is 54.6 Å². The molecule has 0 spiro atoms. The van der Waals surface area contributed by atoms with Gasteiger partial charge in [-0.25, -0.2) is 0 Å². The van der Waals surface area contributed by atoms with Crippen LogP contribution in [-0.2, 0) is 25.6 Å². The van der Waals surface area contributed by atoms with Crippen molar-refractivity contribution in [3.05, 3.63) is 65.7 Å². The Bertz CT molecular complexity index is 1320. The van der Waals surface area contributed by atoms with Crippen molar-refractivity contribution in [3.63, 3.8) is 0 Å². The SMILES string of the molecule is CC(C)Oc1cccc(C(=O)N2CCNC(=O)[C@H]([C@@H](C)O)NC(=O)[C@H](Cc3ccccc3)NC(=O)[C@@H](C(C)C)NC(=O)C2)c1. The molecule has 0 unspecified atom stereocenters. The summed E-state index contributed by atoms with van der Waals surface area (Å²) in [5, 5.41) is 21.0. The summed E-state index contributed by atoms with van der Waals surface area (Å²) in [7, 11) is 0. The Labute approximate surface area is 257 Å². The normalized spacial score (nSPS) is 21.4. The van der Waals surface area contributed by atoms with Gasteiger partial charge in [0.1, 0.15) is 23.9 Å². The van der Waals surface area contributed by atoms with E-state index in [1.165, 1.54) is 11.8 Å². The lowest BCUT2D eigenvalue weighted by Crippen LogP contribution is -2.60. The predicted molar refractivity (Wildman–Crippen MR) is 164 cm³/mol. The number of carbonyl (C=O) groups is 5. The van der Waals surface area contributed by atoms with E-state index in [0.717, 1.165) is 5.56 Å². The van der Waals surface area contributed by atoms with Crippen LogP contribution in [0.25, 0.3) is 0 Å². The average Bonchev–Trinajstić information content (AvgIpc) is 2.96. The molecular weight excluding hydrogens is 566 g/mol. The highest BCUT2D eigenvalue weighted by Crippen LogP contribution is 2.17. The maximum Gasteiger partial charge on any atom is 0.254 e. The van der Waals surface area contributed by atoms with Gasteiger partial charge in [0.15, 0.2) is 0 Å². The van der Waals surface area contributed by atoms with E-state index in [1.54, 1.807) is 62.4 Å². The van der Waals surface area contributed by atoms with Crippen molar-refractivity contribution in [2.24, 2.45) is 5.92 Å². The lowest BCUT2D eigenvalue weighted by molar-refractivity contribution is -0.135. The highest BCUT2D eigenvalue weighted by Gasteiger charge is 2.33. The molecule has 0 aromatic heterocycles. The first-order chi connectivity index (χ1) is 20.8. The second-order valence-electron chi connectivity index (χ2n) is 11.5. The van der Waals surface area contributed by atoms with Crippen LogP contribution in [0.2, 0.25) is 0 Å². The number of benzene rings is 2. The molecule has 238 valence electrons. The van der Waals surface area contributed by atoms with Gasteiger partial charge in [-0.05, 0) is 50.5 Å². The summed E-state index contributed by atoms with van der Waals surface area (Å²) in [6.45, 7) is 8.05. The third kappa shape index (κ3) is 9.80. The van der Waals surface area contributed by atoms with E-state index in [-0.39, 0.29) is 37.1 Å². The van der Waals surface area contributed by atoms with Crippen LogP contribution in [0.1, 0.15) is 50.5 Å². The van der Waals surface area contributed by atoms with E-state index in [9.17, 15) is 29.1 Å². The summed E-state index contributed by atoms with van der Waals surface area (Å²) in [4.78, 5) is 68.1. The van der Waals surface area contributed by atoms with Gasteiger partial charge in [-0.1, -0.05) is 50.2 Å². The van der Waals surface area contributed by atoms with Crippen molar-refractivity contribution in [2.75, 3.05) is 19.6 Å². The lowest BCUT2D eigenvalue weighted by atomic mass is 10.0. The molecule has 0 aliphatic carbocycles. The Morgan fingerprint density at radius 1 is 0.886 bits per heavy atom. The number of aliphatic hydroxyl groups excluding tert-OH is 1. The van der Waals surface area contributed by atoms with Gasteiger partial charge in [-0.2, -0.15) is 0 Å². The minimum Gasteiger partial charge on any atom is -0.491 e. The second kappa shape index (κ2) is 15.9. The minimum atomic E-state index is -1.34. The number of nitrogens with zero attached hydrogens (tertiary/aromatic N) is 1. The van der Waals surface area contributed by atoms with Crippen LogP contribution in [-0.4, -0.2) is 89.5 Å². The van der Waals surface area contributed by atoms with Gasteiger partial charge in [0.25, 0.3) is 5.91 Å². The third-order valence-corrected chi connectivity index (χ3v) is 7.00. The second-order valence-corrected chi connectivity index (χ2v) is 11.5. The number of hydrogen-bond donors (Lipinski definition) is 5. The molecule has 5 amide bonds. The lowest BCUT2D eigenvalue weighted by Gasteiger charge is -2.27. The zero-order chi connectivity index (χ0) is 32.4. The highest BCUT2D eigenvalue weighted by atomic mass is 16.5. The molecule has 12 nitrogen and oxygen atoms in total. The average molecular weight is 610 g/mol. The molecule has 1 aliphatic heterocycles. The zero-order valence-corrected chi connectivity index (χ0v) is 25.8. The molecule has 0 saturated carbocycles. The van der Waals surface area contributed by atoms with Crippen LogP contribution in [0.3, 0.4) is 0 Å². The predicted octanol–water partition coefficient (Wildman–Crippen LogP) is 0.780. The van der Waals surface area contributed by atoms with E-state index >= 15 is 0 Å². The molecule has 3 rings (SSSR count). The minimum absolute atomic E-state index is 0.0666. The number of rotatable bonds is 7. The molecule has 44 heavy (non-hydrogen) atoms. The standard InChI is InChI=1S/C32H43N5O7/c1-19(2)27-31(42)34-25(16-22-10-7-6-8-11-22)29(40)36-28(21(5)38)30(41)33-14-15-37(18-26(39)35-27)32(43)23-12-9-13-24(17-23)44-20(3)4/h6-13,17,19-21,25,27-28,38H,14-16,18H2,1-5H3,(H,33,41)(H,34,42)(H,35,39)(H,36,40)/t21-,25+,27-,28+/m1/s1. The number of ether oxygens (including phenoxy) is 1. The van der Waals surface area contributed by atoms with Crippen molar-refractivity contribution in [2.45, 2.75) is 71.4 Å². The van der Waals surface area contributed by atoms with Gasteiger partial charge >= 0.3 is 0 Å². The molecule has 1 saturated heterocycles. The number of aliphatic hydroxyl groups is 1. The van der Waals surface area contributed by atoms with Crippen LogP contribution < -0.4 is 26.0 Å². The highest BCUT2D eigenvalue weighted by molar-refractivity contribution is 5.98. The Balaban J connectivity index is 1.93. The van der Waals surface area contributed by atoms with E-state index in [4.69, 9.17) is 4.74 Å².